The summed E-state index contributed by atoms with van der Waals surface area (Å²) >= 11 is 0. The van der Waals surface area contributed by atoms with Gasteiger partial charge >= 0.3 is 0 Å². The van der Waals surface area contributed by atoms with Crippen molar-refractivity contribution in [3.05, 3.63) is 54.7 Å². The van der Waals surface area contributed by atoms with Gasteiger partial charge in [0.15, 0.2) is 0 Å². The second-order valence-electron chi connectivity index (χ2n) is 7.32. The van der Waals surface area contributed by atoms with Crippen molar-refractivity contribution in [2.45, 2.75) is 32.7 Å². The van der Waals surface area contributed by atoms with Crippen LogP contribution in [0, 0.1) is 0 Å². The van der Waals surface area contributed by atoms with Crippen LogP contribution in [-0.4, -0.2) is 53.7 Å². The van der Waals surface area contributed by atoms with Gasteiger partial charge in [0, 0.05) is 30.1 Å². The molecule has 1 amide bonds. The summed E-state index contributed by atoms with van der Waals surface area (Å²) in [4.78, 5) is 34.1. The van der Waals surface area contributed by atoms with E-state index in [1.807, 2.05) is 55.7 Å². The normalized spacial score (nSPS) is 11.5. The standard InChI is InChI=1S/C21H23N7O2.CH2O2/c1-13(2)18-22-11-12-27(18)14(3)19(29)24-20-25-21-23-10-9-17(28(21)26-20)15-5-7-16(30-4)8-6-15;2-1-3/h5-14H,1-4H3,(H,24,26,29);1H,(H,2,3). The second-order valence-corrected chi connectivity index (χ2v) is 7.32. The van der Waals surface area contributed by atoms with Gasteiger partial charge in [-0.15, -0.1) is 5.10 Å². The van der Waals surface area contributed by atoms with Crippen LogP contribution in [0.15, 0.2) is 48.9 Å². The molecular weight excluding hydrogens is 426 g/mol. The molecule has 33 heavy (non-hydrogen) atoms. The van der Waals surface area contributed by atoms with Gasteiger partial charge in [0.05, 0.1) is 12.8 Å². The third kappa shape index (κ3) is 5.14. The van der Waals surface area contributed by atoms with Crippen molar-refractivity contribution in [3.63, 3.8) is 0 Å². The Morgan fingerprint density at radius 1 is 1.12 bits per heavy atom. The average Bonchev–Trinajstić information content (AvgIpc) is 3.46. The molecule has 0 fully saturated rings. The summed E-state index contributed by atoms with van der Waals surface area (Å²) < 4.78 is 8.68. The van der Waals surface area contributed by atoms with Crippen LogP contribution in [0.4, 0.5) is 5.95 Å². The van der Waals surface area contributed by atoms with Crippen molar-refractivity contribution in [2.24, 2.45) is 0 Å². The zero-order valence-electron chi connectivity index (χ0n) is 18.7. The number of aromatic nitrogens is 6. The lowest BCUT2D eigenvalue weighted by molar-refractivity contribution is -0.123. The second kappa shape index (κ2) is 10.4. The van der Waals surface area contributed by atoms with Gasteiger partial charge in [-0.25, -0.2) is 9.97 Å². The van der Waals surface area contributed by atoms with Crippen molar-refractivity contribution in [1.82, 2.24) is 29.1 Å². The highest BCUT2D eigenvalue weighted by Crippen LogP contribution is 2.23. The van der Waals surface area contributed by atoms with Crippen molar-refractivity contribution in [2.75, 3.05) is 12.4 Å². The molecule has 0 saturated heterocycles. The molecule has 4 rings (SSSR count). The molecule has 0 aliphatic heterocycles. The van der Waals surface area contributed by atoms with E-state index in [2.05, 4.69) is 25.4 Å². The van der Waals surface area contributed by atoms with Crippen LogP contribution < -0.4 is 10.1 Å². The molecule has 3 aromatic heterocycles. The van der Waals surface area contributed by atoms with Crippen LogP contribution in [0.1, 0.15) is 38.6 Å². The number of carbonyl (C=O) groups is 2. The van der Waals surface area contributed by atoms with E-state index in [1.165, 1.54) is 0 Å². The van der Waals surface area contributed by atoms with Crippen LogP contribution in [0.5, 0.6) is 5.75 Å². The summed E-state index contributed by atoms with van der Waals surface area (Å²) in [6.07, 6.45) is 5.17. The van der Waals surface area contributed by atoms with E-state index in [-0.39, 0.29) is 24.2 Å². The Morgan fingerprint density at radius 2 is 1.82 bits per heavy atom. The van der Waals surface area contributed by atoms with Gasteiger partial charge in [-0.3, -0.25) is 14.9 Å². The Bertz CT molecular complexity index is 1230. The molecule has 2 N–H and O–H groups in total. The van der Waals surface area contributed by atoms with Crippen LogP contribution in [-0.2, 0) is 9.59 Å². The number of anilines is 1. The van der Waals surface area contributed by atoms with E-state index >= 15 is 0 Å². The number of nitrogens with zero attached hydrogens (tertiary/aromatic N) is 6. The van der Waals surface area contributed by atoms with Crippen molar-refractivity contribution in [3.8, 4) is 17.0 Å². The van der Waals surface area contributed by atoms with Gasteiger partial charge in [0.25, 0.3) is 18.2 Å². The summed E-state index contributed by atoms with van der Waals surface area (Å²) in [6.45, 7) is 5.65. The van der Waals surface area contributed by atoms with Gasteiger partial charge in [-0.05, 0) is 37.3 Å². The maximum atomic E-state index is 12.8. The number of fused-ring (bicyclic) bond motifs is 1. The third-order valence-electron chi connectivity index (χ3n) is 4.87. The number of rotatable bonds is 6. The molecule has 4 aromatic rings. The number of benzene rings is 1. The van der Waals surface area contributed by atoms with Crippen LogP contribution in [0.2, 0.25) is 0 Å². The van der Waals surface area contributed by atoms with Crippen LogP contribution in [0.25, 0.3) is 17.0 Å². The summed E-state index contributed by atoms with van der Waals surface area (Å²) in [5.74, 6) is 2.20. The maximum Gasteiger partial charge on any atom is 0.290 e. The number of hydrogen-bond donors (Lipinski definition) is 2. The lowest BCUT2D eigenvalue weighted by Gasteiger charge is -2.16. The minimum Gasteiger partial charge on any atom is -0.497 e. The molecular formula is C22H25N7O4. The summed E-state index contributed by atoms with van der Waals surface area (Å²) in [5, 5.41) is 14.1. The lowest BCUT2D eigenvalue weighted by atomic mass is 10.1. The highest BCUT2D eigenvalue weighted by molar-refractivity contribution is 5.92. The number of nitrogens with one attached hydrogen (secondary N) is 1. The predicted octanol–water partition coefficient (Wildman–Crippen LogP) is 3.02. The largest absolute Gasteiger partial charge is 0.497 e. The average molecular weight is 451 g/mol. The topological polar surface area (TPSA) is 137 Å². The van der Waals surface area contributed by atoms with Crippen LogP contribution >= 0.6 is 0 Å². The first-order chi connectivity index (χ1) is 15.9. The molecule has 172 valence electrons. The number of carbonyl (C=O) groups excluding carboxylic acids is 1. The summed E-state index contributed by atoms with van der Waals surface area (Å²) in [7, 11) is 1.63. The fraction of sp³-hybridized carbons (Fsp3) is 0.273. The molecule has 0 radical (unpaired) electrons. The van der Waals surface area contributed by atoms with Crippen molar-refractivity contribution < 1.29 is 19.4 Å². The fourth-order valence-electron chi connectivity index (χ4n) is 3.27. The van der Waals surface area contributed by atoms with Gasteiger partial charge in [-0.2, -0.15) is 9.50 Å². The Kier molecular flexibility index (Phi) is 7.34. The van der Waals surface area contributed by atoms with E-state index in [9.17, 15) is 4.79 Å². The predicted molar refractivity (Wildman–Crippen MR) is 121 cm³/mol. The molecule has 1 aromatic carbocycles. The Hall–Kier alpha value is -4.28. The summed E-state index contributed by atoms with van der Waals surface area (Å²) in [6, 6.07) is 9.01. The number of imidazole rings is 1. The zero-order chi connectivity index (χ0) is 24.0. The highest BCUT2D eigenvalue weighted by Gasteiger charge is 2.21. The van der Waals surface area contributed by atoms with E-state index in [1.54, 1.807) is 30.2 Å². The van der Waals surface area contributed by atoms with Crippen LogP contribution in [0.3, 0.4) is 0 Å². The molecule has 0 spiro atoms. The Balaban J connectivity index is 0.000000968. The Morgan fingerprint density at radius 3 is 2.45 bits per heavy atom. The minimum absolute atomic E-state index is 0.200. The number of hydrogen-bond acceptors (Lipinski definition) is 7. The van der Waals surface area contributed by atoms with E-state index < -0.39 is 6.04 Å². The fourth-order valence-corrected chi connectivity index (χ4v) is 3.27. The lowest BCUT2D eigenvalue weighted by Crippen LogP contribution is -2.25. The number of methoxy groups -OCH3 is 1. The summed E-state index contributed by atoms with van der Waals surface area (Å²) in [5.41, 5.74) is 1.74. The first-order valence-corrected chi connectivity index (χ1v) is 10.2. The van der Waals surface area contributed by atoms with E-state index in [0.29, 0.717) is 5.78 Å². The van der Waals surface area contributed by atoms with Crippen molar-refractivity contribution >= 4 is 24.1 Å². The van der Waals surface area contributed by atoms with E-state index in [4.69, 9.17) is 14.6 Å². The molecule has 3 heterocycles. The first-order valence-electron chi connectivity index (χ1n) is 10.2. The molecule has 1 unspecified atom stereocenters. The smallest absolute Gasteiger partial charge is 0.290 e. The SMILES string of the molecule is COc1ccc(-c2ccnc3nc(NC(=O)C(C)n4ccnc4C(C)C)nn23)cc1.O=CO. The Labute approximate surface area is 190 Å². The van der Waals surface area contributed by atoms with Gasteiger partial charge in [-0.1, -0.05) is 13.8 Å². The quantitative estimate of drug-likeness (QED) is 0.427. The maximum absolute atomic E-state index is 12.8. The molecule has 0 aliphatic carbocycles. The van der Waals surface area contributed by atoms with Crippen molar-refractivity contribution in [1.29, 1.82) is 0 Å². The highest BCUT2D eigenvalue weighted by atomic mass is 16.5. The monoisotopic (exact) mass is 451 g/mol. The molecule has 0 saturated carbocycles. The number of ether oxygens (including phenoxy) is 1. The molecule has 0 bridgehead atoms. The number of carboxylic acid groups (broad SMARTS) is 1. The van der Waals surface area contributed by atoms with Gasteiger partial charge in [0.2, 0.25) is 5.91 Å². The van der Waals surface area contributed by atoms with Gasteiger partial charge in [0.1, 0.15) is 17.6 Å². The molecule has 1 atom stereocenters. The number of amides is 1. The zero-order valence-corrected chi connectivity index (χ0v) is 18.7. The molecule has 11 nitrogen and oxygen atoms in total. The minimum atomic E-state index is -0.453. The molecule has 11 heteroatoms. The molecule has 0 aliphatic rings. The first kappa shape index (κ1) is 23.4. The van der Waals surface area contributed by atoms with E-state index in [0.717, 1.165) is 22.8 Å². The van der Waals surface area contributed by atoms with Gasteiger partial charge < -0.3 is 14.4 Å². The third-order valence-corrected chi connectivity index (χ3v) is 4.87.